The molecule has 0 aliphatic heterocycles. The minimum absolute atomic E-state index is 0.140. The maximum atomic E-state index is 12.7. The van der Waals surface area contributed by atoms with Crippen LogP contribution in [0.2, 0.25) is 5.02 Å². The molecule has 8 heteroatoms. The Bertz CT molecular complexity index is 1270. The number of rotatable bonds is 7. The first-order chi connectivity index (χ1) is 16.0. The number of para-hydroxylation sites is 2. The molecule has 33 heavy (non-hydrogen) atoms. The zero-order chi connectivity index (χ0) is 23.2. The van der Waals surface area contributed by atoms with Crippen molar-refractivity contribution in [2.75, 3.05) is 11.9 Å². The SMILES string of the molecule is CCCCOc1cccc(C(=O)NC(=S)Nc2cc(-c3nc4ccccc4[nH]3)ccc2Cl)c1. The van der Waals surface area contributed by atoms with Crippen molar-refractivity contribution in [3.63, 3.8) is 0 Å². The third-order valence-corrected chi connectivity index (χ3v) is 5.50. The second kappa shape index (κ2) is 10.5. The second-order valence-electron chi connectivity index (χ2n) is 7.44. The summed E-state index contributed by atoms with van der Waals surface area (Å²) in [5, 5.41) is 6.31. The fourth-order valence-electron chi connectivity index (χ4n) is 3.25. The quantitative estimate of drug-likeness (QED) is 0.218. The van der Waals surface area contributed by atoms with Gasteiger partial charge >= 0.3 is 0 Å². The Morgan fingerprint density at radius 3 is 2.79 bits per heavy atom. The Labute approximate surface area is 202 Å². The summed E-state index contributed by atoms with van der Waals surface area (Å²) in [5.41, 5.74) is 3.68. The maximum absolute atomic E-state index is 12.7. The molecule has 0 fully saturated rings. The Kier molecular flexibility index (Phi) is 7.22. The van der Waals surface area contributed by atoms with E-state index < -0.39 is 0 Å². The molecule has 4 rings (SSSR count). The molecule has 6 nitrogen and oxygen atoms in total. The number of nitrogens with one attached hydrogen (secondary N) is 3. The number of H-pyrrole nitrogens is 1. The minimum Gasteiger partial charge on any atom is -0.494 e. The van der Waals surface area contributed by atoms with Crippen molar-refractivity contribution in [3.05, 3.63) is 77.3 Å². The fraction of sp³-hybridized carbons (Fsp3) is 0.160. The van der Waals surface area contributed by atoms with Crippen LogP contribution in [0.3, 0.4) is 0 Å². The lowest BCUT2D eigenvalue weighted by Crippen LogP contribution is -2.34. The predicted octanol–water partition coefficient (Wildman–Crippen LogP) is 6.19. The van der Waals surface area contributed by atoms with E-state index in [9.17, 15) is 4.79 Å². The topological polar surface area (TPSA) is 79.0 Å². The highest BCUT2D eigenvalue weighted by Crippen LogP contribution is 2.28. The molecule has 1 amide bonds. The van der Waals surface area contributed by atoms with Crippen molar-refractivity contribution in [1.29, 1.82) is 0 Å². The molecule has 0 radical (unpaired) electrons. The number of aromatic nitrogens is 2. The summed E-state index contributed by atoms with van der Waals surface area (Å²) in [6.45, 7) is 2.71. The molecule has 168 valence electrons. The summed E-state index contributed by atoms with van der Waals surface area (Å²) >= 11 is 11.7. The van der Waals surface area contributed by atoms with Crippen LogP contribution < -0.4 is 15.4 Å². The average Bonchev–Trinajstić information content (AvgIpc) is 3.25. The van der Waals surface area contributed by atoms with E-state index in [-0.39, 0.29) is 11.0 Å². The number of hydrogen-bond acceptors (Lipinski definition) is 4. The van der Waals surface area contributed by atoms with Crippen molar-refractivity contribution in [1.82, 2.24) is 15.3 Å². The average molecular weight is 479 g/mol. The molecule has 0 unspecified atom stereocenters. The van der Waals surface area contributed by atoms with E-state index in [4.69, 9.17) is 28.6 Å². The van der Waals surface area contributed by atoms with Crippen LogP contribution in [0.1, 0.15) is 30.1 Å². The van der Waals surface area contributed by atoms with Crippen LogP contribution in [0, 0.1) is 0 Å². The molecule has 0 aliphatic rings. The number of hydrogen-bond donors (Lipinski definition) is 3. The van der Waals surface area contributed by atoms with Crippen LogP contribution in [-0.4, -0.2) is 27.6 Å². The molecule has 0 saturated carbocycles. The number of thiocarbonyl (C=S) groups is 1. The van der Waals surface area contributed by atoms with Crippen LogP contribution in [0.4, 0.5) is 5.69 Å². The van der Waals surface area contributed by atoms with Gasteiger partial charge in [0.25, 0.3) is 5.91 Å². The van der Waals surface area contributed by atoms with Gasteiger partial charge in [-0.2, -0.15) is 0 Å². The summed E-state index contributed by atoms with van der Waals surface area (Å²) in [5.74, 6) is 1.03. The highest BCUT2D eigenvalue weighted by molar-refractivity contribution is 7.80. The minimum atomic E-state index is -0.335. The smallest absolute Gasteiger partial charge is 0.257 e. The van der Waals surface area contributed by atoms with Crippen LogP contribution >= 0.6 is 23.8 Å². The number of aromatic amines is 1. The van der Waals surface area contributed by atoms with Gasteiger partial charge in [-0.15, -0.1) is 0 Å². The lowest BCUT2D eigenvalue weighted by Gasteiger charge is -2.12. The molecule has 0 aliphatic carbocycles. The monoisotopic (exact) mass is 478 g/mol. The lowest BCUT2D eigenvalue weighted by atomic mass is 10.2. The van der Waals surface area contributed by atoms with Crippen LogP contribution in [0.25, 0.3) is 22.4 Å². The van der Waals surface area contributed by atoms with Gasteiger partial charge in [0.05, 0.1) is 28.4 Å². The zero-order valence-corrected chi connectivity index (χ0v) is 19.6. The lowest BCUT2D eigenvalue weighted by molar-refractivity contribution is 0.0977. The Balaban J connectivity index is 1.44. The molecule has 4 aromatic rings. The Morgan fingerprint density at radius 1 is 1.12 bits per heavy atom. The van der Waals surface area contributed by atoms with Gasteiger partial charge in [-0.05, 0) is 67.2 Å². The number of nitrogens with zero attached hydrogens (tertiary/aromatic N) is 1. The molecule has 0 saturated heterocycles. The molecule has 3 aromatic carbocycles. The molecular formula is C25H23ClN4O2S. The predicted molar refractivity (Wildman–Crippen MR) is 137 cm³/mol. The van der Waals surface area contributed by atoms with Gasteiger partial charge in [0.2, 0.25) is 0 Å². The standard InChI is InChI=1S/C25H23ClN4O2S/c1-2-3-13-32-18-8-6-7-17(14-18)24(31)30-25(33)29-22-15-16(11-12-19(22)26)23-27-20-9-4-5-10-21(20)28-23/h4-12,14-15H,2-3,13H2,1H3,(H,27,28)(H2,29,30,31,33). The number of halogens is 1. The first-order valence-electron chi connectivity index (χ1n) is 10.6. The first-order valence-corrected chi connectivity index (χ1v) is 11.4. The second-order valence-corrected chi connectivity index (χ2v) is 8.25. The maximum Gasteiger partial charge on any atom is 0.257 e. The van der Waals surface area contributed by atoms with Crippen LogP contribution in [0.5, 0.6) is 5.75 Å². The van der Waals surface area contributed by atoms with E-state index in [2.05, 4.69) is 27.5 Å². The van der Waals surface area contributed by atoms with Crippen molar-refractivity contribution in [3.8, 4) is 17.1 Å². The number of anilines is 1. The molecule has 3 N–H and O–H groups in total. The summed E-state index contributed by atoms with van der Waals surface area (Å²) in [7, 11) is 0. The van der Waals surface area contributed by atoms with E-state index >= 15 is 0 Å². The number of carbonyl (C=O) groups is 1. The van der Waals surface area contributed by atoms with Crippen molar-refractivity contribution in [2.45, 2.75) is 19.8 Å². The van der Waals surface area contributed by atoms with E-state index in [0.717, 1.165) is 29.4 Å². The number of imidazole rings is 1. The highest BCUT2D eigenvalue weighted by atomic mass is 35.5. The molecular weight excluding hydrogens is 456 g/mol. The summed E-state index contributed by atoms with van der Waals surface area (Å²) in [6.07, 6.45) is 2.00. The van der Waals surface area contributed by atoms with Gasteiger partial charge in [-0.25, -0.2) is 4.98 Å². The Hall–Kier alpha value is -3.42. The molecule has 0 spiro atoms. The number of amides is 1. The number of fused-ring (bicyclic) bond motifs is 1. The van der Waals surface area contributed by atoms with Gasteiger partial charge in [0.15, 0.2) is 5.11 Å². The van der Waals surface area contributed by atoms with E-state index in [1.807, 2.05) is 42.5 Å². The normalized spacial score (nSPS) is 10.7. The third kappa shape index (κ3) is 5.69. The van der Waals surface area contributed by atoms with Crippen molar-refractivity contribution >= 4 is 51.6 Å². The molecule has 0 bridgehead atoms. The number of carbonyl (C=O) groups excluding carboxylic acids is 1. The van der Waals surface area contributed by atoms with Gasteiger partial charge < -0.3 is 15.0 Å². The van der Waals surface area contributed by atoms with Gasteiger partial charge in [-0.3, -0.25) is 10.1 Å². The van der Waals surface area contributed by atoms with E-state index in [0.29, 0.717) is 34.5 Å². The van der Waals surface area contributed by atoms with Crippen molar-refractivity contribution in [2.24, 2.45) is 0 Å². The number of unbranched alkanes of at least 4 members (excludes halogenated alkanes) is 1. The third-order valence-electron chi connectivity index (χ3n) is 4.97. The van der Waals surface area contributed by atoms with Gasteiger partial charge in [-0.1, -0.05) is 43.1 Å². The highest BCUT2D eigenvalue weighted by Gasteiger charge is 2.12. The van der Waals surface area contributed by atoms with E-state index in [1.54, 1.807) is 24.3 Å². The molecule has 1 heterocycles. The summed E-state index contributed by atoms with van der Waals surface area (Å²) in [4.78, 5) is 20.6. The summed E-state index contributed by atoms with van der Waals surface area (Å²) < 4.78 is 5.68. The number of benzene rings is 3. The molecule has 0 atom stereocenters. The van der Waals surface area contributed by atoms with Gasteiger partial charge in [0, 0.05) is 11.1 Å². The van der Waals surface area contributed by atoms with Crippen LogP contribution in [0.15, 0.2) is 66.7 Å². The zero-order valence-electron chi connectivity index (χ0n) is 18.0. The number of ether oxygens (including phenoxy) is 1. The first kappa shape index (κ1) is 22.8. The fourth-order valence-corrected chi connectivity index (χ4v) is 3.62. The van der Waals surface area contributed by atoms with Crippen molar-refractivity contribution < 1.29 is 9.53 Å². The van der Waals surface area contributed by atoms with E-state index in [1.165, 1.54) is 0 Å². The largest absolute Gasteiger partial charge is 0.494 e. The Morgan fingerprint density at radius 2 is 1.97 bits per heavy atom. The molecule has 1 aromatic heterocycles. The van der Waals surface area contributed by atoms with Crippen LogP contribution in [-0.2, 0) is 0 Å². The summed E-state index contributed by atoms with van der Waals surface area (Å²) in [6, 6.07) is 20.3. The van der Waals surface area contributed by atoms with Gasteiger partial charge in [0.1, 0.15) is 11.6 Å².